The number of morpholine rings is 1. The SMILES string of the molecule is CCNc1cc(C(=O)N2CCOCC2C)ccc1[N+](=O)[O-]. The quantitative estimate of drug-likeness (QED) is 0.677. The van der Waals surface area contributed by atoms with Crippen molar-refractivity contribution in [3.05, 3.63) is 33.9 Å². The van der Waals surface area contributed by atoms with Gasteiger partial charge >= 0.3 is 0 Å². The molecule has 1 aromatic carbocycles. The normalized spacial score (nSPS) is 18.4. The zero-order chi connectivity index (χ0) is 15.4. The van der Waals surface area contributed by atoms with E-state index in [9.17, 15) is 14.9 Å². The third kappa shape index (κ3) is 3.30. The lowest BCUT2D eigenvalue weighted by Crippen LogP contribution is -2.47. The van der Waals surface area contributed by atoms with E-state index in [-0.39, 0.29) is 17.6 Å². The van der Waals surface area contributed by atoms with Crippen molar-refractivity contribution in [2.75, 3.05) is 31.6 Å². The van der Waals surface area contributed by atoms with Gasteiger partial charge in [0.05, 0.1) is 24.2 Å². The fourth-order valence-electron chi connectivity index (χ4n) is 2.36. The van der Waals surface area contributed by atoms with Crippen LogP contribution in [0.3, 0.4) is 0 Å². The molecule has 1 aliphatic heterocycles. The first kappa shape index (κ1) is 15.2. The second-order valence-electron chi connectivity index (χ2n) is 4.94. The second kappa shape index (κ2) is 6.53. The van der Waals surface area contributed by atoms with Crippen LogP contribution in [0.1, 0.15) is 24.2 Å². The molecule has 1 saturated heterocycles. The Kier molecular flexibility index (Phi) is 4.74. The number of nitrogens with zero attached hydrogens (tertiary/aromatic N) is 2. The summed E-state index contributed by atoms with van der Waals surface area (Å²) in [5, 5.41) is 13.9. The van der Waals surface area contributed by atoms with Crippen LogP contribution in [-0.4, -0.2) is 48.1 Å². The minimum Gasteiger partial charge on any atom is -0.380 e. The Morgan fingerprint density at radius 3 is 2.95 bits per heavy atom. The predicted molar refractivity (Wildman–Crippen MR) is 78.6 cm³/mol. The monoisotopic (exact) mass is 293 g/mol. The van der Waals surface area contributed by atoms with Crippen molar-refractivity contribution in [1.82, 2.24) is 4.90 Å². The van der Waals surface area contributed by atoms with Gasteiger partial charge in [-0.15, -0.1) is 0 Å². The zero-order valence-electron chi connectivity index (χ0n) is 12.2. The van der Waals surface area contributed by atoms with Crippen molar-refractivity contribution < 1.29 is 14.5 Å². The van der Waals surface area contributed by atoms with E-state index in [1.54, 1.807) is 11.0 Å². The Morgan fingerprint density at radius 1 is 1.57 bits per heavy atom. The molecule has 0 radical (unpaired) electrons. The van der Waals surface area contributed by atoms with Crippen LogP contribution in [0.5, 0.6) is 0 Å². The molecule has 21 heavy (non-hydrogen) atoms. The molecular formula is C14H19N3O4. The molecule has 114 valence electrons. The molecule has 1 heterocycles. The standard InChI is InChI=1S/C14H19N3O4/c1-3-15-12-8-11(4-5-13(12)17(19)20)14(18)16-6-7-21-9-10(16)2/h4-5,8,10,15H,3,6-7,9H2,1-2H3. The number of nitro groups is 1. The lowest BCUT2D eigenvalue weighted by atomic mass is 10.1. The molecule has 1 amide bonds. The number of carbonyl (C=O) groups is 1. The first-order valence-corrected chi connectivity index (χ1v) is 6.95. The highest BCUT2D eigenvalue weighted by Gasteiger charge is 2.26. The van der Waals surface area contributed by atoms with Crippen molar-refractivity contribution in [2.24, 2.45) is 0 Å². The topological polar surface area (TPSA) is 84.7 Å². The van der Waals surface area contributed by atoms with Crippen LogP contribution in [0.2, 0.25) is 0 Å². The molecule has 0 aromatic heterocycles. The van der Waals surface area contributed by atoms with E-state index >= 15 is 0 Å². The number of benzene rings is 1. The van der Waals surface area contributed by atoms with Crippen LogP contribution in [0.4, 0.5) is 11.4 Å². The highest BCUT2D eigenvalue weighted by atomic mass is 16.6. The average molecular weight is 293 g/mol. The summed E-state index contributed by atoms with van der Waals surface area (Å²) in [5.74, 6) is -0.125. The van der Waals surface area contributed by atoms with Crippen molar-refractivity contribution in [3.63, 3.8) is 0 Å². The first-order valence-electron chi connectivity index (χ1n) is 6.95. The predicted octanol–water partition coefficient (Wildman–Crippen LogP) is 1.89. The first-order chi connectivity index (χ1) is 10.0. The number of rotatable bonds is 4. The zero-order valence-corrected chi connectivity index (χ0v) is 12.2. The molecular weight excluding hydrogens is 274 g/mol. The van der Waals surface area contributed by atoms with Gasteiger partial charge in [-0.05, 0) is 26.0 Å². The molecule has 0 bridgehead atoms. The third-order valence-electron chi connectivity index (χ3n) is 3.44. The van der Waals surface area contributed by atoms with Gasteiger partial charge in [0.15, 0.2) is 0 Å². The van der Waals surface area contributed by atoms with E-state index < -0.39 is 4.92 Å². The van der Waals surface area contributed by atoms with Crippen LogP contribution in [0.15, 0.2) is 18.2 Å². The van der Waals surface area contributed by atoms with Gasteiger partial charge < -0.3 is 15.0 Å². The molecule has 7 heteroatoms. The lowest BCUT2D eigenvalue weighted by molar-refractivity contribution is -0.384. The number of ether oxygens (including phenoxy) is 1. The van der Waals surface area contributed by atoms with E-state index in [0.29, 0.717) is 37.6 Å². The largest absolute Gasteiger partial charge is 0.380 e. The van der Waals surface area contributed by atoms with Crippen LogP contribution < -0.4 is 5.32 Å². The Balaban J connectivity index is 2.28. The minimum absolute atomic E-state index is 0.00373. The highest BCUT2D eigenvalue weighted by molar-refractivity contribution is 5.96. The molecule has 1 aliphatic rings. The Morgan fingerprint density at radius 2 is 2.33 bits per heavy atom. The van der Waals surface area contributed by atoms with Gasteiger partial charge in [0.1, 0.15) is 5.69 Å². The van der Waals surface area contributed by atoms with Gasteiger partial charge in [-0.1, -0.05) is 0 Å². The smallest absolute Gasteiger partial charge is 0.292 e. The molecule has 0 saturated carbocycles. The number of anilines is 1. The summed E-state index contributed by atoms with van der Waals surface area (Å²) in [4.78, 5) is 24.8. The number of nitrogens with one attached hydrogen (secondary N) is 1. The Bertz CT molecular complexity index is 547. The van der Waals surface area contributed by atoms with Crippen molar-refractivity contribution in [2.45, 2.75) is 19.9 Å². The summed E-state index contributed by atoms with van der Waals surface area (Å²) in [5.41, 5.74) is 0.794. The molecule has 1 fully saturated rings. The molecule has 0 spiro atoms. The molecule has 1 unspecified atom stereocenters. The molecule has 1 N–H and O–H groups in total. The molecule has 1 aromatic rings. The minimum atomic E-state index is -0.455. The van der Waals surface area contributed by atoms with Gasteiger partial charge in [0.2, 0.25) is 0 Å². The summed E-state index contributed by atoms with van der Waals surface area (Å²) in [6.45, 7) is 5.89. The molecule has 7 nitrogen and oxygen atoms in total. The van der Waals surface area contributed by atoms with Crippen LogP contribution in [-0.2, 0) is 4.74 Å². The number of hydrogen-bond donors (Lipinski definition) is 1. The number of carbonyl (C=O) groups excluding carboxylic acids is 1. The maximum atomic E-state index is 12.5. The number of nitro benzene ring substituents is 1. The third-order valence-corrected chi connectivity index (χ3v) is 3.44. The summed E-state index contributed by atoms with van der Waals surface area (Å²) in [6, 6.07) is 4.43. The van der Waals surface area contributed by atoms with E-state index in [1.807, 2.05) is 13.8 Å². The van der Waals surface area contributed by atoms with Crippen molar-refractivity contribution >= 4 is 17.3 Å². The summed E-state index contributed by atoms with van der Waals surface area (Å²) in [7, 11) is 0. The Hall–Kier alpha value is -2.15. The summed E-state index contributed by atoms with van der Waals surface area (Å²) < 4.78 is 5.32. The van der Waals surface area contributed by atoms with Gasteiger partial charge in [0.25, 0.3) is 11.6 Å². The van der Waals surface area contributed by atoms with Gasteiger partial charge in [-0.2, -0.15) is 0 Å². The van der Waals surface area contributed by atoms with E-state index in [1.165, 1.54) is 12.1 Å². The fourth-order valence-corrected chi connectivity index (χ4v) is 2.36. The van der Waals surface area contributed by atoms with Crippen LogP contribution in [0, 0.1) is 10.1 Å². The van der Waals surface area contributed by atoms with Gasteiger partial charge in [-0.3, -0.25) is 14.9 Å². The van der Waals surface area contributed by atoms with E-state index in [0.717, 1.165) is 0 Å². The van der Waals surface area contributed by atoms with E-state index in [4.69, 9.17) is 4.74 Å². The molecule has 2 rings (SSSR count). The van der Waals surface area contributed by atoms with Crippen molar-refractivity contribution in [3.8, 4) is 0 Å². The highest BCUT2D eigenvalue weighted by Crippen LogP contribution is 2.26. The number of hydrogen-bond acceptors (Lipinski definition) is 5. The molecule has 1 atom stereocenters. The lowest BCUT2D eigenvalue weighted by Gasteiger charge is -2.33. The second-order valence-corrected chi connectivity index (χ2v) is 4.94. The summed E-state index contributed by atoms with van der Waals surface area (Å²) in [6.07, 6.45) is 0. The van der Waals surface area contributed by atoms with Crippen LogP contribution in [0.25, 0.3) is 0 Å². The van der Waals surface area contributed by atoms with Gasteiger partial charge in [0, 0.05) is 24.7 Å². The average Bonchev–Trinajstić information content (AvgIpc) is 2.47. The van der Waals surface area contributed by atoms with E-state index in [2.05, 4.69) is 5.32 Å². The maximum Gasteiger partial charge on any atom is 0.292 e. The van der Waals surface area contributed by atoms with Gasteiger partial charge in [-0.25, -0.2) is 0 Å². The summed E-state index contributed by atoms with van der Waals surface area (Å²) >= 11 is 0. The Labute approximate surface area is 123 Å². The van der Waals surface area contributed by atoms with Crippen LogP contribution >= 0.6 is 0 Å². The number of amides is 1. The molecule has 0 aliphatic carbocycles. The fraction of sp³-hybridized carbons (Fsp3) is 0.500. The maximum absolute atomic E-state index is 12.5. The van der Waals surface area contributed by atoms with Crippen molar-refractivity contribution in [1.29, 1.82) is 0 Å².